The van der Waals surface area contributed by atoms with E-state index in [0.29, 0.717) is 11.6 Å². The number of carbonyl (C=O) groups is 1. The fraction of sp³-hybridized carbons (Fsp3) is 0.412. The summed E-state index contributed by atoms with van der Waals surface area (Å²) >= 11 is 0. The number of hydrogen-bond donors (Lipinski definition) is 1. The first-order chi connectivity index (χ1) is 11.2. The number of piperidine rings is 1. The number of carbonyl (C=O) groups excluding carboxylic acids is 1. The first-order valence-corrected chi connectivity index (χ1v) is 7.92. The number of nitrogens with zero attached hydrogens (tertiary/aromatic N) is 2. The first kappa shape index (κ1) is 15.4. The number of ether oxygens (including phenoxy) is 1. The molecule has 0 spiro atoms. The Hall–Kier alpha value is -2.50. The molecule has 122 valence electrons. The molecular weight excluding hydrogens is 294 g/mol. The summed E-state index contributed by atoms with van der Waals surface area (Å²) in [5, 5.41) is 6.48. The van der Waals surface area contributed by atoms with Crippen molar-refractivity contribution in [2.24, 2.45) is 0 Å². The molecule has 1 fully saturated rings. The van der Waals surface area contributed by atoms with Gasteiger partial charge in [-0.15, -0.1) is 0 Å². The zero-order valence-corrected chi connectivity index (χ0v) is 13.2. The molecule has 1 aromatic heterocycles. The summed E-state index contributed by atoms with van der Waals surface area (Å²) in [7, 11) is 0. The molecule has 0 unspecified atom stereocenters. The van der Waals surface area contributed by atoms with Crippen LogP contribution < -0.4 is 15.0 Å². The van der Waals surface area contributed by atoms with Gasteiger partial charge in [-0.3, -0.25) is 4.79 Å². The molecule has 6 nitrogen and oxygen atoms in total. The lowest BCUT2D eigenvalue weighted by molar-refractivity contribution is -0.118. The Morgan fingerprint density at radius 1 is 1.26 bits per heavy atom. The van der Waals surface area contributed by atoms with E-state index in [9.17, 15) is 4.79 Å². The van der Waals surface area contributed by atoms with Crippen LogP contribution in [0.2, 0.25) is 0 Å². The monoisotopic (exact) mass is 315 g/mol. The molecule has 0 saturated carbocycles. The van der Waals surface area contributed by atoms with E-state index in [1.54, 1.807) is 13.0 Å². The summed E-state index contributed by atoms with van der Waals surface area (Å²) in [4.78, 5) is 14.3. The standard InChI is InChI=1S/C17H21N3O3/c1-13-11-17(19-23-13)22-12-16(21)18-14-5-7-15(8-6-14)20-9-3-2-4-10-20/h5-8,11H,2-4,9-10,12H2,1H3,(H,18,21). The SMILES string of the molecule is Cc1cc(OCC(=O)Nc2ccc(N3CCCCC3)cc2)no1. The van der Waals surface area contributed by atoms with Gasteiger partial charge in [0.15, 0.2) is 6.61 Å². The first-order valence-electron chi connectivity index (χ1n) is 7.92. The van der Waals surface area contributed by atoms with Crippen molar-refractivity contribution < 1.29 is 14.1 Å². The molecule has 2 aromatic rings. The third-order valence-electron chi connectivity index (χ3n) is 3.83. The lowest BCUT2D eigenvalue weighted by atomic mass is 10.1. The van der Waals surface area contributed by atoms with Gasteiger partial charge in [0.25, 0.3) is 11.8 Å². The number of aromatic nitrogens is 1. The molecule has 0 radical (unpaired) electrons. The van der Waals surface area contributed by atoms with Gasteiger partial charge >= 0.3 is 0 Å². The Morgan fingerprint density at radius 2 is 2.00 bits per heavy atom. The quantitative estimate of drug-likeness (QED) is 0.918. The van der Waals surface area contributed by atoms with Crippen LogP contribution in [0.25, 0.3) is 0 Å². The smallest absolute Gasteiger partial charge is 0.262 e. The predicted octanol–water partition coefficient (Wildman–Crippen LogP) is 2.99. The second-order valence-electron chi connectivity index (χ2n) is 5.71. The zero-order chi connectivity index (χ0) is 16.1. The van der Waals surface area contributed by atoms with Gasteiger partial charge < -0.3 is 19.5 Å². The van der Waals surface area contributed by atoms with E-state index in [-0.39, 0.29) is 12.5 Å². The van der Waals surface area contributed by atoms with Crippen LogP contribution in [0.15, 0.2) is 34.9 Å². The van der Waals surface area contributed by atoms with Crippen molar-refractivity contribution in [1.82, 2.24) is 5.16 Å². The van der Waals surface area contributed by atoms with Gasteiger partial charge in [-0.1, -0.05) is 0 Å². The molecule has 1 saturated heterocycles. The highest BCUT2D eigenvalue weighted by molar-refractivity contribution is 5.92. The summed E-state index contributed by atoms with van der Waals surface area (Å²) in [6.07, 6.45) is 3.81. The van der Waals surface area contributed by atoms with Crippen LogP contribution in [0.5, 0.6) is 5.88 Å². The van der Waals surface area contributed by atoms with Crippen molar-refractivity contribution in [2.75, 3.05) is 29.9 Å². The van der Waals surface area contributed by atoms with Gasteiger partial charge in [0.2, 0.25) is 0 Å². The molecule has 0 bridgehead atoms. The van der Waals surface area contributed by atoms with E-state index in [2.05, 4.69) is 15.4 Å². The molecule has 2 heterocycles. The number of benzene rings is 1. The molecule has 1 N–H and O–H groups in total. The van der Waals surface area contributed by atoms with Crippen molar-refractivity contribution in [2.45, 2.75) is 26.2 Å². The Morgan fingerprint density at radius 3 is 2.65 bits per heavy atom. The molecule has 3 rings (SSSR count). The lowest BCUT2D eigenvalue weighted by Gasteiger charge is -2.28. The summed E-state index contributed by atoms with van der Waals surface area (Å²) < 4.78 is 10.1. The second-order valence-corrected chi connectivity index (χ2v) is 5.71. The second kappa shape index (κ2) is 7.17. The molecule has 1 aromatic carbocycles. The average Bonchev–Trinajstić information content (AvgIpc) is 3.00. The average molecular weight is 315 g/mol. The minimum atomic E-state index is -0.226. The minimum Gasteiger partial charge on any atom is -0.465 e. The Balaban J connectivity index is 1.50. The van der Waals surface area contributed by atoms with E-state index in [1.807, 2.05) is 24.3 Å². The third-order valence-corrected chi connectivity index (χ3v) is 3.83. The molecule has 1 aliphatic rings. The minimum absolute atomic E-state index is 0.0974. The third kappa shape index (κ3) is 4.25. The Kier molecular flexibility index (Phi) is 4.80. The number of amides is 1. The fourth-order valence-electron chi connectivity index (χ4n) is 2.66. The largest absolute Gasteiger partial charge is 0.465 e. The van der Waals surface area contributed by atoms with Crippen LogP contribution in [-0.4, -0.2) is 30.8 Å². The number of rotatable bonds is 5. The van der Waals surface area contributed by atoms with Crippen molar-refractivity contribution in [3.63, 3.8) is 0 Å². The molecule has 1 aliphatic heterocycles. The van der Waals surface area contributed by atoms with Gasteiger partial charge in [-0.05, 0) is 55.6 Å². The predicted molar refractivity (Wildman–Crippen MR) is 87.9 cm³/mol. The van der Waals surface area contributed by atoms with E-state index in [1.165, 1.54) is 24.9 Å². The van der Waals surface area contributed by atoms with Crippen molar-refractivity contribution in [3.8, 4) is 5.88 Å². The topological polar surface area (TPSA) is 67.6 Å². The molecular formula is C17H21N3O3. The van der Waals surface area contributed by atoms with Gasteiger partial charge in [0.05, 0.1) is 0 Å². The van der Waals surface area contributed by atoms with E-state index in [0.717, 1.165) is 18.8 Å². The highest BCUT2D eigenvalue weighted by Crippen LogP contribution is 2.21. The Labute approximate surface area is 135 Å². The van der Waals surface area contributed by atoms with Gasteiger partial charge in [-0.25, -0.2) is 0 Å². The number of nitrogens with one attached hydrogen (secondary N) is 1. The van der Waals surface area contributed by atoms with Gasteiger partial charge in [0.1, 0.15) is 5.76 Å². The summed E-state index contributed by atoms with van der Waals surface area (Å²) in [5.74, 6) is 0.739. The molecule has 1 amide bonds. The normalized spacial score (nSPS) is 14.6. The molecule has 0 atom stereocenters. The zero-order valence-electron chi connectivity index (χ0n) is 13.2. The van der Waals surface area contributed by atoms with Crippen molar-refractivity contribution in [3.05, 3.63) is 36.1 Å². The van der Waals surface area contributed by atoms with Crippen molar-refractivity contribution >= 4 is 17.3 Å². The van der Waals surface area contributed by atoms with E-state index in [4.69, 9.17) is 9.26 Å². The van der Waals surface area contributed by atoms with E-state index < -0.39 is 0 Å². The van der Waals surface area contributed by atoms with Crippen molar-refractivity contribution in [1.29, 1.82) is 0 Å². The van der Waals surface area contributed by atoms with Gasteiger partial charge in [-0.2, -0.15) is 0 Å². The van der Waals surface area contributed by atoms with Crippen LogP contribution in [0.4, 0.5) is 11.4 Å². The summed E-state index contributed by atoms with van der Waals surface area (Å²) in [5.41, 5.74) is 1.97. The van der Waals surface area contributed by atoms with Crippen LogP contribution in [-0.2, 0) is 4.79 Å². The number of hydrogen-bond acceptors (Lipinski definition) is 5. The fourth-order valence-corrected chi connectivity index (χ4v) is 2.66. The Bertz CT molecular complexity index is 645. The maximum absolute atomic E-state index is 11.9. The highest BCUT2D eigenvalue weighted by Gasteiger charge is 2.11. The highest BCUT2D eigenvalue weighted by atomic mass is 16.5. The molecule has 23 heavy (non-hydrogen) atoms. The van der Waals surface area contributed by atoms with Crippen LogP contribution in [0.3, 0.4) is 0 Å². The lowest BCUT2D eigenvalue weighted by Crippen LogP contribution is -2.29. The van der Waals surface area contributed by atoms with Gasteiger partial charge in [0, 0.05) is 30.5 Å². The maximum atomic E-state index is 11.9. The number of anilines is 2. The molecule has 6 heteroatoms. The number of aryl methyl sites for hydroxylation is 1. The summed E-state index contributed by atoms with van der Waals surface area (Å²) in [6, 6.07) is 9.57. The van der Waals surface area contributed by atoms with Crippen LogP contribution >= 0.6 is 0 Å². The van der Waals surface area contributed by atoms with Crippen LogP contribution in [0, 0.1) is 6.92 Å². The molecule has 0 aliphatic carbocycles. The van der Waals surface area contributed by atoms with E-state index >= 15 is 0 Å². The summed E-state index contributed by atoms with van der Waals surface area (Å²) in [6.45, 7) is 3.89. The maximum Gasteiger partial charge on any atom is 0.262 e. The van der Waals surface area contributed by atoms with Crippen LogP contribution in [0.1, 0.15) is 25.0 Å².